The van der Waals surface area contributed by atoms with Gasteiger partial charge in [-0.15, -0.1) is 0 Å². The van der Waals surface area contributed by atoms with Crippen LogP contribution in [0.4, 0.5) is 10.1 Å². The van der Waals surface area contributed by atoms with Crippen LogP contribution in [0.25, 0.3) is 0 Å². The molecule has 1 heterocycles. The second-order valence-electron chi connectivity index (χ2n) is 5.27. The molecule has 1 aromatic heterocycles. The smallest absolute Gasteiger partial charge is 0.262 e. The summed E-state index contributed by atoms with van der Waals surface area (Å²) in [5.41, 5.74) is 1.58. The predicted octanol–water partition coefficient (Wildman–Crippen LogP) is 3.85. The van der Waals surface area contributed by atoms with Crippen LogP contribution < -0.4 is 10.1 Å². The van der Waals surface area contributed by atoms with Gasteiger partial charge in [-0.2, -0.15) is 5.10 Å². The van der Waals surface area contributed by atoms with Gasteiger partial charge in [0.25, 0.3) is 5.91 Å². The number of nitrogens with zero attached hydrogens (tertiary/aromatic N) is 2. The molecule has 0 aliphatic rings. The van der Waals surface area contributed by atoms with Crippen LogP contribution in [0.3, 0.4) is 0 Å². The Morgan fingerprint density at radius 3 is 2.84 bits per heavy atom. The minimum atomic E-state index is -0.527. The number of anilines is 1. The van der Waals surface area contributed by atoms with Crippen molar-refractivity contribution in [1.29, 1.82) is 0 Å². The molecule has 3 rings (SSSR count). The summed E-state index contributed by atoms with van der Waals surface area (Å²) in [7, 11) is 0. The Bertz CT molecular complexity index is 869. The monoisotopic (exact) mass is 403 g/mol. The van der Waals surface area contributed by atoms with E-state index in [1.807, 2.05) is 30.5 Å². The zero-order valence-corrected chi connectivity index (χ0v) is 14.7. The lowest BCUT2D eigenvalue weighted by Gasteiger charge is -2.12. The summed E-state index contributed by atoms with van der Waals surface area (Å²) in [5, 5.41) is 6.95. The van der Waals surface area contributed by atoms with Crippen molar-refractivity contribution in [2.75, 3.05) is 11.9 Å². The number of halogens is 2. The van der Waals surface area contributed by atoms with Gasteiger partial charge in [-0.05, 0) is 35.9 Å². The van der Waals surface area contributed by atoms with E-state index in [1.165, 1.54) is 12.1 Å². The number of amides is 1. The van der Waals surface area contributed by atoms with Gasteiger partial charge >= 0.3 is 0 Å². The highest BCUT2D eigenvalue weighted by Gasteiger charge is 2.10. The van der Waals surface area contributed by atoms with Crippen molar-refractivity contribution in [3.8, 4) is 5.75 Å². The summed E-state index contributed by atoms with van der Waals surface area (Å²) in [6.45, 7) is 0.250. The molecule has 0 saturated carbocycles. The second kappa shape index (κ2) is 7.94. The van der Waals surface area contributed by atoms with Gasteiger partial charge in [0, 0.05) is 22.6 Å². The lowest BCUT2D eigenvalue weighted by Crippen LogP contribution is -2.21. The van der Waals surface area contributed by atoms with Crippen LogP contribution in [0.2, 0.25) is 0 Å². The fourth-order valence-electron chi connectivity index (χ4n) is 2.27. The first-order valence-electron chi connectivity index (χ1n) is 7.55. The van der Waals surface area contributed by atoms with Crippen molar-refractivity contribution in [2.45, 2.75) is 6.54 Å². The Labute approximate surface area is 152 Å². The molecule has 25 heavy (non-hydrogen) atoms. The van der Waals surface area contributed by atoms with Gasteiger partial charge in [0.05, 0.1) is 6.54 Å². The molecule has 0 aliphatic carbocycles. The SMILES string of the molecule is O=C(COc1ccc(Br)cc1F)Nc1ccccc1Cn1cccn1. The second-order valence-corrected chi connectivity index (χ2v) is 6.19. The van der Waals surface area contributed by atoms with Crippen molar-refractivity contribution in [1.82, 2.24) is 9.78 Å². The average Bonchev–Trinajstić information content (AvgIpc) is 3.09. The van der Waals surface area contributed by atoms with Crippen molar-refractivity contribution in [3.63, 3.8) is 0 Å². The highest BCUT2D eigenvalue weighted by Crippen LogP contribution is 2.21. The van der Waals surface area contributed by atoms with Gasteiger partial charge < -0.3 is 10.1 Å². The minimum absolute atomic E-state index is 0.0307. The number of carbonyl (C=O) groups excluding carboxylic acids is 1. The quantitative estimate of drug-likeness (QED) is 0.679. The van der Waals surface area contributed by atoms with Crippen molar-refractivity contribution in [3.05, 3.63) is 76.8 Å². The first-order chi connectivity index (χ1) is 12.1. The summed E-state index contributed by atoms with van der Waals surface area (Å²) in [6, 6.07) is 13.7. The van der Waals surface area contributed by atoms with Crippen LogP contribution in [-0.2, 0) is 11.3 Å². The molecule has 0 radical (unpaired) electrons. The summed E-state index contributed by atoms with van der Waals surface area (Å²) >= 11 is 3.17. The molecule has 0 bridgehead atoms. The number of nitrogens with one attached hydrogen (secondary N) is 1. The molecular formula is C18H15BrFN3O2. The van der Waals surface area contributed by atoms with E-state index < -0.39 is 5.82 Å². The molecule has 0 saturated heterocycles. The molecule has 7 heteroatoms. The minimum Gasteiger partial charge on any atom is -0.481 e. The Kier molecular flexibility index (Phi) is 5.45. The number of para-hydroxylation sites is 1. The van der Waals surface area contributed by atoms with Crippen LogP contribution in [-0.4, -0.2) is 22.3 Å². The Morgan fingerprint density at radius 1 is 1.24 bits per heavy atom. The van der Waals surface area contributed by atoms with Crippen LogP contribution in [0.15, 0.2) is 65.4 Å². The lowest BCUT2D eigenvalue weighted by atomic mass is 10.1. The molecule has 1 amide bonds. The summed E-state index contributed by atoms with van der Waals surface area (Å²) < 4.78 is 21.3. The number of hydrogen-bond donors (Lipinski definition) is 1. The van der Waals surface area contributed by atoms with Gasteiger partial charge in [0.1, 0.15) is 0 Å². The first kappa shape index (κ1) is 17.2. The van der Waals surface area contributed by atoms with Gasteiger partial charge in [0.15, 0.2) is 18.2 Å². The normalized spacial score (nSPS) is 10.5. The molecule has 0 fully saturated rings. The van der Waals surface area contributed by atoms with Crippen molar-refractivity contribution < 1.29 is 13.9 Å². The van der Waals surface area contributed by atoms with Crippen LogP contribution in [0.5, 0.6) is 5.75 Å². The van der Waals surface area contributed by atoms with Crippen LogP contribution in [0.1, 0.15) is 5.56 Å². The van der Waals surface area contributed by atoms with E-state index in [1.54, 1.807) is 23.0 Å². The Hall–Kier alpha value is -2.67. The molecule has 0 unspecified atom stereocenters. The number of benzene rings is 2. The predicted molar refractivity (Wildman–Crippen MR) is 96.0 cm³/mol. The van der Waals surface area contributed by atoms with E-state index in [4.69, 9.17) is 4.74 Å². The molecule has 5 nitrogen and oxygen atoms in total. The van der Waals surface area contributed by atoms with Gasteiger partial charge in [-0.25, -0.2) is 4.39 Å². The topological polar surface area (TPSA) is 56.1 Å². The maximum atomic E-state index is 13.7. The third-order valence-corrected chi connectivity index (χ3v) is 3.93. The van der Waals surface area contributed by atoms with E-state index in [-0.39, 0.29) is 18.3 Å². The number of ether oxygens (including phenoxy) is 1. The van der Waals surface area contributed by atoms with Crippen LogP contribution >= 0.6 is 15.9 Å². The number of hydrogen-bond acceptors (Lipinski definition) is 3. The van der Waals surface area contributed by atoms with Crippen molar-refractivity contribution >= 4 is 27.5 Å². The highest BCUT2D eigenvalue weighted by atomic mass is 79.9. The summed E-state index contributed by atoms with van der Waals surface area (Å²) in [6.07, 6.45) is 3.54. The maximum absolute atomic E-state index is 13.7. The fraction of sp³-hybridized carbons (Fsp3) is 0.111. The van der Waals surface area contributed by atoms with Crippen molar-refractivity contribution in [2.24, 2.45) is 0 Å². The molecule has 0 spiro atoms. The van der Waals surface area contributed by atoms with Crippen LogP contribution in [0, 0.1) is 5.82 Å². The summed E-state index contributed by atoms with van der Waals surface area (Å²) in [5.74, 6) is -0.861. The molecule has 3 aromatic rings. The van der Waals surface area contributed by atoms with Gasteiger partial charge in [-0.1, -0.05) is 34.1 Å². The summed E-state index contributed by atoms with van der Waals surface area (Å²) in [4.78, 5) is 12.1. The highest BCUT2D eigenvalue weighted by molar-refractivity contribution is 9.10. The molecule has 1 N–H and O–H groups in total. The van der Waals surface area contributed by atoms with E-state index in [0.717, 1.165) is 5.56 Å². The Balaban J connectivity index is 1.63. The maximum Gasteiger partial charge on any atom is 0.262 e. The lowest BCUT2D eigenvalue weighted by molar-refractivity contribution is -0.118. The molecule has 2 aromatic carbocycles. The standard InChI is InChI=1S/C18H15BrFN3O2/c19-14-6-7-17(15(20)10-14)25-12-18(24)22-16-5-2-1-4-13(16)11-23-9-3-8-21-23/h1-10H,11-12H2,(H,22,24). The number of aromatic nitrogens is 2. The zero-order valence-electron chi connectivity index (χ0n) is 13.2. The molecule has 128 valence electrons. The van der Waals surface area contributed by atoms with Gasteiger partial charge in [0.2, 0.25) is 0 Å². The Morgan fingerprint density at radius 2 is 2.08 bits per heavy atom. The average molecular weight is 404 g/mol. The van der Waals surface area contributed by atoms with E-state index in [0.29, 0.717) is 16.7 Å². The molecular weight excluding hydrogens is 389 g/mol. The third-order valence-electron chi connectivity index (χ3n) is 3.44. The van der Waals surface area contributed by atoms with E-state index in [2.05, 4.69) is 26.3 Å². The van der Waals surface area contributed by atoms with E-state index in [9.17, 15) is 9.18 Å². The first-order valence-corrected chi connectivity index (χ1v) is 8.34. The number of carbonyl (C=O) groups is 1. The molecule has 0 aliphatic heterocycles. The number of rotatable bonds is 6. The fourth-order valence-corrected chi connectivity index (χ4v) is 2.60. The van der Waals surface area contributed by atoms with E-state index >= 15 is 0 Å². The largest absolute Gasteiger partial charge is 0.481 e. The zero-order chi connectivity index (χ0) is 17.6. The molecule has 0 atom stereocenters. The van der Waals surface area contributed by atoms with Gasteiger partial charge in [-0.3, -0.25) is 9.48 Å². The third kappa shape index (κ3) is 4.67.